The maximum atomic E-state index is 13.5. The number of anilines is 1. The second-order valence-electron chi connectivity index (χ2n) is 5.56. The van der Waals surface area contributed by atoms with Gasteiger partial charge in [0.15, 0.2) is 0 Å². The maximum absolute atomic E-state index is 13.5. The van der Waals surface area contributed by atoms with Gasteiger partial charge in [-0.05, 0) is 26.0 Å². The number of rotatable bonds is 5. The highest BCUT2D eigenvalue weighted by molar-refractivity contribution is 8.13. The van der Waals surface area contributed by atoms with E-state index in [-0.39, 0.29) is 30.7 Å². The lowest BCUT2D eigenvalue weighted by molar-refractivity contribution is -0.117. The number of hydrogen-bond acceptors (Lipinski definition) is 4. The molecule has 1 aliphatic rings. The number of carbonyl (C=O) groups excluding carboxylic acids is 1. The molecule has 122 valence electrons. The first kappa shape index (κ1) is 17.0. The van der Waals surface area contributed by atoms with Crippen LogP contribution >= 0.6 is 10.7 Å². The number of amides is 1. The van der Waals surface area contributed by atoms with Crippen molar-refractivity contribution in [1.29, 1.82) is 0 Å². The van der Waals surface area contributed by atoms with E-state index in [1.807, 2.05) is 13.8 Å². The number of nitrogens with zero attached hydrogens (tertiary/aromatic N) is 1. The largest absolute Gasteiger partial charge is 0.489 e. The lowest BCUT2D eigenvalue weighted by Gasteiger charge is -2.21. The monoisotopic (exact) mass is 349 g/mol. The highest BCUT2D eigenvalue weighted by Crippen LogP contribution is 2.35. The normalized spacial score (nSPS) is 19.0. The molecule has 1 heterocycles. The van der Waals surface area contributed by atoms with Crippen molar-refractivity contribution in [3.8, 4) is 5.75 Å². The van der Waals surface area contributed by atoms with Gasteiger partial charge in [0.2, 0.25) is 15.0 Å². The average molecular weight is 350 g/mol. The summed E-state index contributed by atoms with van der Waals surface area (Å²) in [6.45, 7) is 3.81. The third-order valence-electron chi connectivity index (χ3n) is 3.21. The molecule has 1 aromatic carbocycles. The number of carbonyl (C=O) groups is 1. The van der Waals surface area contributed by atoms with Crippen LogP contribution in [0.25, 0.3) is 0 Å². The lowest BCUT2D eigenvalue weighted by atomic mass is 10.1. The Morgan fingerprint density at radius 2 is 2.14 bits per heavy atom. The van der Waals surface area contributed by atoms with Gasteiger partial charge in [-0.3, -0.25) is 4.79 Å². The highest BCUT2D eigenvalue weighted by atomic mass is 35.7. The van der Waals surface area contributed by atoms with Crippen LogP contribution in [0.2, 0.25) is 0 Å². The van der Waals surface area contributed by atoms with Gasteiger partial charge in [-0.2, -0.15) is 0 Å². The molecular weight excluding hydrogens is 333 g/mol. The molecule has 0 bridgehead atoms. The molecule has 5 nitrogen and oxygen atoms in total. The summed E-state index contributed by atoms with van der Waals surface area (Å²) < 4.78 is 41.4. The van der Waals surface area contributed by atoms with Crippen molar-refractivity contribution in [3.63, 3.8) is 0 Å². The molecule has 0 spiro atoms. The highest BCUT2D eigenvalue weighted by Gasteiger charge is 2.34. The Labute approximate surface area is 133 Å². The van der Waals surface area contributed by atoms with Gasteiger partial charge in [0, 0.05) is 35.6 Å². The summed E-state index contributed by atoms with van der Waals surface area (Å²) in [4.78, 5) is 13.5. The first-order valence-electron chi connectivity index (χ1n) is 6.84. The molecule has 1 amide bonds. The van der Waals surface area contributed by atoms with Crippen molar-refractivity contribution in [2.24, 2.45) is 5.92 Å². The van der Waals surface area contributed by atoms with E-state index in [2.05, 4.69) is 0 Å². The number of ether oxygens (including phenoxy) is 1. The van der Waals surface area contributed by atoms with Crippen molar-refractivity contribution in [2.45, 2.75) is 26.4 Å². The number of halogens is 2. The van der Waals surface area contributed by atoms with E-state index in [1.54, 1.807) is 0 Å². The molecule has 0 N–H and O–H groups in total. The van der Waals surface area contributed by atoms with E-state index in [4.69, 9.17) is 15.4 Å². The lowest BCUT2D eigenvalue weighted by Crippen LogP contribution is -2.26. The van der Waals surface area contributed by atoms with Gasteiger partial charge >= 0.3 is 0 Å². The topological polar surface area (TPSA) is 63.7 Å². The maximum Gasteiger partial charge on any atom is 0.232 e. The van der Waals surface area contributed by atoms with Crippen molar-refractivity contribution in [3.05, 3.63) is 24.0 Å². The Morgan fingerprint density at radius 1 is 1.45 bits per heavy atom. The van der Waals surface area contributed by atoms with Gasteiger partial charge in [-0.25, -0.2) is 12.8 Å². The zero-order valence-corrected chi connectivity index (χ0v) is 13.8. The fraction of sp³-hybridized carbons (Fsp3) is 0.500. The molecule has 1 aliphatic heterocycles. The molecule has 0 aliphatic carbocycles. The first-order valence-corrected chi connectivity index (χ1v) is 9.32. The summed E-state index contributed by atoms with van der Waals surface area (Å²) >= 11 is 0. The van der Waals surface area contributed by atoms with Gasteiger partial charge in [-0.15, -0.1) is 0 Å². The first-order chi connectivity index (χ1) is 10.2. The van der Waals surface area contributed by atoms with Crippen molar-refractivity contribution in [1.82, 2.24) is 0 Å². The molecule has 1 atom stereocenters. The van der Waals surface area contributed by atoms with Gasteiger partial charge in [0.05, 0.1) is 17.5 Å². The second-order valence-corrected chi connectivity index (χ2v) is 8.38. The molecule has 8 heteroatoms. The Kier molecular flexibility index (Phi) is 4.97. The third-order valence-corrected chi connectivity index (χ3v) is 4.46. The quantitative estimate of drug-likeness (QED) is 0.766. The van der Waals surface area contributed by atoms with Crippen molar-refractivity contribution in [2.75, 3.05) is 17.2 Å². The van der Waals surface area contributed by atoms with Crippen LogP contribution in [-0.2, 0) is 13.8 Å². The molecule has 0 radical (unpaired) electrons. The van der Waals surface area contributed by atoms with Crippen LogP contribution in [0, 0.1) is 11.7 Å². The average Bonchev–Trinajstić information content (AvgIpc) is 2.69. The van der Waals surface area contributed by atoms with E-state index in [9.17, 15) is 17.6 Å². The Bertz CT molecular complexity index is 677. The van der Waals surface area contributed by atoms with Gasteiger partial charge in [0.25, 0.3) is 0 Å². The molecule has 1 fully saturated rings. The minimum atomic E-state index is -3.69. The van der Waals surface area contributed by atoms with E-state index >= 15 is 0 Å². The zero-order valence-electron chi connectivity index (χ0n) is 12.3. The summed E-state index contributed by atoms with van der Waals surface area (Å²) in [5.41, 5.74) is 0.313. The van der Waals surface area contributed by atoms with Crippen LogP contribution in [0.15, 0.2) is 18.2 Å². The van der Waals surface area contributed by atoms with E-state index < -0.39 is 20.8 Å². The van der Waals surface area contributed by atoms with Crippen LogP contribution in [-0.4, -0.2) is 32.7 Å². The SMILES string of the molecule is CC(C)Oc1ccc(F)cc1N1CC(CS(=O)(=O)Cl)CC1=O. The van der Waals surface area contributed by atoms with E-state index in [0.717, 1.165) is 0 Å². The number of benzene rings is 1. The molecule has 0 saturated carbocycles. The fourth-order valence-electron chi connectivity index (χ4n) is 2.46. The fourth-order valence-corrected chi connectivity index (χ4v) is 3.78. The minimum absolute atomic E-state index is 0.0591. The molecular formula is C14H17ClFNO4S. The summed E-state index contributed by atoms with van der Waals surface area (Å²) in [7, 11) is 1.55. The standard InChI is InChI=1S/C14H17ClFNO4S/c1-9(2)21-13-4-3-11(16)6-12(13)17-7-10(5-14(17)18)8-22(15,19)20/h3-4,6,9-10H,5,7-8H2,1-2H3. The van der Waals surface area contributed by atoms with Crippen molar-refractivity contribution < 1.29 is 22.3 Å². The molecule has 2 rings (SSSR count). The zero-order chi connectivity index (χ0) is 16.5. The minimum Gasteiger partial charge on any atom is -0.489 e. The predicted molar refractivity (Wildman–Crippen MR) is 82.3 cm³/mol. The molecule has 0 aromatic heterocycles. The van der Waals surface area contributed by atoms with Crippen molar-refractivity contribution >= 4 is 31.3 Å². The summed E-state index contributed by atoms with van der Waals surface area (Å²) in [6.07, 6.45) is -0.0789. The van der Waals surface area contributed by atoms with Gasteiger partial charge in [0.1, 0.15) is 11.6 Å². The van der Waals surface area contributed by atoms with Crippen LogP contribution in [0.3, 0.4) is 0 Å². The van der Waals surface area contributed by atoms with Crippen LogP contribution in [0.5, 0.6) is 5.75 Å². The van der Waals surface area contributed by atoms with Gasteiger partial charge < -0.3 is 9.64 Å². The smallest absolute Gasteiger partial charge is 0.232 e. The molecule has 1 aromatic rings. The van der Waals surface area contributed by atoms with Crippen LogP contribution < -0.4 is 9.64 Å². The summed E-state index contributed by atoms with van der Waals surface area (Å²) in [5, 5.41) is 0. The Hall–Kier alpha value is -1.34. The Balaban J connectivity index is 2.27. The molecule has 1 unspecified atom stereocenters. The molecule has 22 heavy (non-hydrogen) atoms. The van der Waals surface area contributed by atoms with Crippen LogP contribution in [0.4, 0.5) is 10.1 Å². The summed E-state index contributed by atoms with van der Waals surface area (Å²) in [5.74, 6) is -1.08. The van der Waals surface area contributed by atoms with Crippen LogP contribution in [0.1, 0.15) is 20.3 Å². The van der Waals surface area contributed by atoms with E-state index in [1.165, 1.54) is 23.1 Å². The molecule has 1 saturated heterocycles. The predicted octanol–water partition coefficient (Wildman–Crippen LogP) is 2.53. The Morgan fingerprint density at radius 3 is 2.73 bits per heavy atom. The summed E-state index contributed by atoms with van der Waals surface area (Å²) in [6, 6.07) is 3.93. The second kappa shape index (κ2) is 6.42. The van der Waals surface area contributed by atoms with Gasteiger partial charge in [-0.1, -0.05) is 0 Å². The third kappa shape index (κ3) is 4.33. The van der Waals surface area contributed by atoms with E-state index in [0.29, 0.717) is 11.4 Å². The number of hydrogen-bond donors (Lipinski definition) is 0.